The maximum atomic E-state index is 12.3. The van der Waals surface area contributed by atoms with Gasteiger partial charge in [-0.15, -0.1) is 0 Å². The third-order valence-electron chi connectivity index (χ3n) is 5.11. The molecule has 1 aromatic rings. The average Bonchev–Trinajstić information content (AvgIpc) is 3.17. The molecule has 25 heavy (non-hydrogen) atoms. The maximum absolute atomic E-state index is 12.3. The van der Waals surface area contributed by atoms with E-state index in [2.05, 4.69) is 16.0 Å². The van der Waals surface area contributed by atoms with Gasteiger partial charge in [0.05, 0.1) is 18.8 Å². The van der Waals surface area contributed by atoms with Crippen LogP contribution in [-0.4, -0.2) is 47.9 Å². The summed E-state index contributed by atoms with van der Waals surface area (Å²) in [5.74, 6) is 0.306. The van der Waals surface area contributed by atoms with E-state index in [0.29, 0.717) is 12.3 Å². The summed E-state index contributed by atoms with van der Waals surface area (Å²) in [7, 11) is 0. The minimum absolute atomic E-state index is 0.0250. The zero-order valence-electron chi connectivity index (χ0n) is 14.5. The molecular formula is C17H24N4O4. The van der Waals surface area contributed by atoms with Gasteiger partial charge >= 0.3 is 6.03 Å². The molecule has 2 fully saturated rings. The fourth-order valence-corrected chi connectivity index (χ4v) is 3.61. The standard InChI is InChI=1S/C17H24N4O4/c1-11(13-6-4-8-25-13)18-14(22)10-21-7-3-5-12(9-21)17(2)15(23)19-16(24)20-17/h4,6,8,11-12H,3,5,7,9-10H2,1-2H3,(H,18,22)(H2,19,20,23,24). The van der Waals surface area contributed by atoms with Gasteiger partial charge in [-0.25, -0.2) is 4.79 Å². The largest absolute Gasteiger partial charge is 0.467 e. The highest BCUT2D eigenvalue weighted by molar-refractivity contribution is 6.07. The topological polar surface area (TPSA) is 104 Å². The number of hydrogen-bond donors (Lipinski definition) is 3. The Morgan fingerprint density at radius 3 is 2.96 bits per heavy atom. The smallest absolute Gasteiger partial charge is 0.322 e. The van der Waals surface area contributed by atoms with Gasteiger partial charge in [0.2, 0.25) is 5.91 Å². The lowest BCUT2D eigenvalue weighted by Crippen LogP contribution is -2.56. The summed E-state index contributed by atoms with van der Waals surface area (Å²) in [5.41, 5.74) is -0.909. The molecule has 3 rings (SSSR count). The van der Waals surface area contributed by atoms with Crippen LogP contribution in [0, 0.1) is 5.92 Å². The van der Waals surface area contributed by atoms with E-state index < -0.39 is 11.6 Å². The lowest BCUT2D eigenvalue weighted by Gasteiger charge is -2.39. The monoisotopic (exact) mass is 348 g/mol. The molecule has 0 radical (unpaired) electrons. The first kappa shape index (κ1) is 17.5. The van der Waals surface area contributed by atoms with Crippen molar-refractivity contribution in [1.29, 1.82) is 0 Å². The van der Waals surface area contributed by atoms with Crippen LogP contribution in [0.25, 0.3) is 0 Å². The lowest BCUT2D eigenvalue weighted by atomic mass is 9.80. The Balaban J connectivity index is 1.56. The molecule has 8 nitrogen and oxygen atoms in total. The summed E-state index contributed by atoms with van der Waals surface area (Å²) in [6, 6.07) is 2.97. The number of furan rings is 1. The molecule has 136 valence electrons. The predicted octanol–water partition coefficient (Wildman–Crippen LogP) is 0.767. The van der Waals surface area contributed by atoms with Gasteiger partial charge in [-0.2, -0.15) is 0 Å². The SMILES string of the molecule is CC(NC(=O)CN1CCCC(C2(C)NC(=O)NC2=O)C1)c1ccco1. The van der Waals surface area contributed by atoms with Gasteiger partial charge in [0.1, 0.15) is 11.3 Å². The third-order valence-corrected chi connectivity index (χ3v) is 5.11. The van der Waals surface area contributed by atoms with Gasteiger partial charge in [0.15, 0.2) is 0 Å². The molecule has 3 N–H and O–H groups in total. The van der Waals surface area contributed by atoms with E-state index in [4.69, 9.17) is 4.42 Å². The number of amides is 4. The molecule has 2 saturated heterocycles. The van der Waals surface area contributed by atoms with Crippen molar-refractivity contribution in [2.75, 3.05) is 19.6 Å². The van der Waals surface area contributed by atoms with Crippen molar-refractivity contribution in [2.45, 2.75) is 38.3 Å². The van der Waals surface area contributed by atoms with Crippen LogP contribution in [-0.2, 0) is 9.59 Å². The molecule has 3 atom stereocenters. The number of imide groups is 1. The fraction of sp³-hybridized carbons (Fsp3) is 0.588. The van der Waals surface area contributed by atoms with Crippen LogP contribution in [0.1, 0.15) is 38.5 Å². The van der Waals surface area contributed by atoms with Crippen LogP contribution in [0.3, 0.4) is 0 Å². The number of piperidine rings is 1. The van der Waals surface area contributed by atoms with E-state index in [-0.39, 0.29) is 30.3 Å². The Hall–Kier alpha value is -2.35. The van der Waals surface area contributed by atoms with E-state index in [1.165, 1.54) is 0 Å². The second kappa shape index (κ2) is 6.87. The van der Waals surface area contributed by atoms with Gasteiger partial charge in [-0.1, -0.05) is 0 Å². The molecule has 3 heterocycles. The summed E-state index contributed by atoms with van der Waals surface area (Å²) >= 11 is 0. The zero-order chi connectivity index (χ0) is 18.0. The molecule has 1 aromatic heterocycles. The van der Waals surface area contributed by atoms with E-state index in [9.17, 15) is 14.4 Å². The third kappa shape index (κ3) is 3.68. The van der Waals surface area contributed by atoms with Crippen molar-refractivity contribution < 1.29 is 18.8 Å². The summed E-state index contributed by atoms with van der Waals surface area (Å²) in [6.07, 6.45) is 3.30. The molecule has 0 aliphatic carbocycles. The molecule has 0 spiro atoms. The van der Waals surface area contributed by atoms with Crippen LogP contribution in [0.4, 0.5) is 4.79 Å². The molecule has 0 aromatic carbocycles. The van der Waals surface area contributed by atoms with E-state index in [1.54, 1.807) is 19.3 Å². The summed E-state index contributed by atoms with van der Waals surface area (Å²) in [6.45, 7) is 5.26. The Kier molecular flexibility index (Phi) is 4.80. The van der Waals surface area contributed by atoms with E-state index in [1.807, 2.05) is 17.9 Å². The molecule has 0 bridgehead atoms. The zero-order valence-corrected chi connectivity index (χ0v) is 14.5. The Morgan fingerprint density at radius 2 is 2.32 bits per heavy atom. The quantitative estimate of drug-likeness (QED) is 0.682. The number of carbonyl (C=O) groups excluding carboxylic acids is 3. The predicted molar refractivity (Wildman–Crippen MR) is 89.5 cm³/mol. The van der Waals surface area contributed by atoms with E-state index >= 15 is 0 Å². The summed E-state index contributed by atoms with van der Waals surface area (Å²) < 4.78 is 5.29. The van der Waals surface area contributed by atoms with Crippen LogP contribution in [0.5, 0.6) is 0 Å². The molecule has 4 amide bonds. The second-order valence-electron chi connectivity index (χ2n) is 6.99. The van der Waals surface area contributed by atoms with Gasteiger partial charge in [-0.05, 0) is 45.4 Å². The first-order valence-corrected chi connectivity index (χ1v) is 8.57. The van der Waals surface area contributed by atoms with Gasteiger partial charge in [-0.3, -0.25) is 19.8 Å². The molecular weight excluding hydrogens is 324 g/mol. The normalized spacial score (nSPS) is 28.3. The van der Waals surface area contributed by atoms with Crippen molar-refractivity contribution in [2.24, 2.45) is 5.92 Å². The molecule has 2 aliphatic rings. The summed E-state index contributed by atoms with van der Waals surface area (Å²) in [4.78, 5) is 37.9. The first-order chi connectivity index (χ1) is 11.9. The number of urea groups is 1. The van der Waals surface area contributed by atoms with Crippen molar-refractivity contribution in [3.63, 3.8) is 0 Å². The minimum atomic E-state index is -0.909. The number of carbonyl (C=O) groups is 3. The van der Waals surface area contributed by atoms with Crippen molar-refractivity contribution in [3.05, 3.63) is 24.2 Å². The molecule has 2 aliphatic heterocycles. The number of rotatable bonds is 5. The molecule has 0 saturated carbocycles. The first-order valence-electron chi connectivity index (χ1n) is 8.57. The molecule has 3 unspecified atom stereocenters. The highest BCUT2D eigenvalue weighted by Crippen LogP contribution is 2.29. The second-order valence-corrected chi connectivity index (χ2v) is 6.99. The van der Waals surface area contributed by atoms with Crippen molar-refractivity contribution in [1.82, 2.24) is 20.9 Å². The number of nitrogens with zero attached hydrogens (tertiary/aromatic N) is 1. The van der Waals surface area contributed by atoms with E-state index in [0.717, 1.165) is 19.4 Å². The fourth-order valence-electron chi connectivity index (χ4n) is 3.61. The van der Waals surface area contributed by atoms with Crippen molar-refractivity contribution >= 4 is 17.8 Å². The Labute approximate surface area is 146 Å². The Morgan fingerprint density at radius 1 is 1.52 bits per heavy atom. The van der Waals surface area contributed by atoms with Gasteiger partial charge in [0.25, 0.3) is 5.91 Å². The highest BCUT2D eigenvalue weighted by Gasteiger charge is 2.48. The van der Waals surface area contributed by atoms with Gasteiger partial charge in [0, 0.05) is 12.5 Å². The minimum Gasteiger partial charge on any atom is -0.467 e. The number of likely N-dealkylation sites (tertiary alicyclic amines) is 1. The Bertz CT molecular complexity index is 660. The number of hydrogen-bond acceptors (Lipinski definition) is 5. The van der Waals surface area contributed by atoms with Crippen LogP contribution in [0.15, 0.2) is 22.8 Å². The molecule has 8 heteroatoms. The van der Waals surface area contributed by atoms with Crippen LogP contribution in [0.2, 0.25) is 0 Å². The lowest BCUT2D eigenvalue weighted by molar-refractivity contribution is -0.126. The average molecular weight is 348 g/mol. The van der Waals surface area contributed by atoms with Crippen molar-refractivity contribution in [3.8, 4) is 0 Å². The van der Waals surface area contributed by atoms with Crippen LogP contribution < -0.4 is 16.0 Å². The van der Waals surface area contributed by atoms with Crippen LogP contribution >= 0.6 is 0 Å². The van der Waals surface area contributed by atoms with Gasteiger partial charge < -0.3 is 15.1 Å². The number of nitrogens with one attached hydrogen (secondary N) is 3. The summed E-state index contributed by atoms with van der Waals surface area (Å²) in [5, 5.41) is 7.96. The maximum Gasteiger partial charge on any atom is 0.322 e. The highest BCUT2D eigenvalue weighted by atomic mass is 16.3.